The molecule has 53 heavy (non-hydrogen) atoms. The van der Waals surface area contributed by atoms with Crippen molar-refractivity contribution in [3.8, 4) is 56.6 Å². The van der Waals surface area contributed by atoms with Gasteiger partial charge in [0.1, 0.15) is 22.5 Å². The molecule has 0 unspecified atom stereocenters. The van der Waals surface area contributed by atoms with Gasteiger partial charge in [-0.25, -0.2) is 4.98 Å². The van der Waals surface area contributed by atoms with Crippen LogP contribution in [0.4, 0.5) is 0 Å². The van der Waals surface area contributed by atoms with Gasteiger partial charge in [-0.05, 0) is 83.6 Å². The number of phenols is 1. The Morgan fingerprint density at radius 1 is 0.585 bits per heavy atom. The molecule has 0 atom stereocenters. The molecule has 4 aromatic heterocycles. The van der Waals surface area contributed by atoms with E-state index < -0.39 is 0 Å². The average molecular weight is 866 g/mol. The summed E-state index contributed by atoms with van der Waals surface area (Å²) >= 11 is 0. The topological polar surface area (TPSA) is 77.2 Å². The molecule has 10 aromatic rings. The third-order valence-corrected chi connectivity index (χ3v) is 10.4. The number of hydrogen-bond donors (Lipinski definition) is 1. The number of furan rings is 2. The first-order valence-corrected chi connectivity index (χ1v) is 17.4. The van der Waals surface area contributed by atoms with E-state index in [4.69, 9.17) is 18.8 Å². The third kappa shape index (κ3) is 5.05. The smallest absolute Gasteiger partial charge is 0.135 e. The quantitative estimate of drug-likeness (QED) is 0.178. The number of fused-ring (bicyclic) bond motifs is 9. The summed E-state index contributed by atoms with van der Waals surface area (Å²) in [5.74, 6) is 0.973. The Morgan fingerprint density at radius 2 is 1.34 bits per heavy atom. The van der Waals surface area contributed by atoms with E-state index in [1.165, 1.54) is 0 Å². The Labute approximate surface area is 318 Å². The predicted octanol–water partition coefficient (Wildman–Crippen LogP) is 11.3. The number of para-hydroxylation sites is 1. The second kappa shape index (κ2) is 12.2. The van der Waals surface area contributed by atoms with Crippen LogP contribution in [0.2, 0.25) is 0 Å². The number of hydrogen-bond acceptors (Lipinski definition) is 5. The summed E-state index contributed by atoms with van der Waals surface area (Å²) in [6.45, 7) is 0. The second-order valence-electron chi connectivity index (χ2n) is 13.4. The van der Waals surface area contributed by atoms with Gasteiger partial charge >= 0.3 is 0 Å². The number of benzene rings is 6. The van der Waals surface area contributed by atoms with E-state index in [0.29, 0.717) is 0 Å². The molecule has 4 heterocycles. The molecule has 11 rings (SSSR count). The minimum atomic E-state index is 0. The van der Waals surface area contributed by atoms with Crippen molar-refractivity contribution in [3.63, 3.8) is 0 Å². The maximum absolute atomic E-state index is 10.9. The van der Waals surface area contributed by atoms with Crippen LogP contribution >= 0.6 is 0 Å². The predicted molar refractivity (Wildman–Crippen MR) is 206 cm³/mol. The van der Waals surface area contributed by atoms with Crippen LogP contribution < -0.4 is 0 Å². The maximum Gasteiger partial charge on any atom is 0.135 e. The molecular formula is C46H28N3O3Pt-. The molecule has 0 spiro atoms. The summed E-state index contributed by atoms with van der Waals surface area (Å²) in [4.78, 5) is 10.4. The molecule has 1 aliphatic carbocycles. The van der Waals surface area contributed by atoms with Crippen LogP contribution in [0.5, 0.6) is 5.75 Å². The zero-order chi connectivity index (χ0) is 34.3. The van der Waals surface area contributed by atoms with Crippen molar-refractivity contribution in [2.24, 2.45) is 0 Å². The van der Waals surface area contributed by atoms with Crippen LogP contribution in [0.3, 0.4) is 0 Å². The molecule has 1 aliphatic rings. The van der Waals surface area contributed by atoms with Gasteiger partial charge in [-0.15, -0.1) is 23.8 Å². The van der Waals surface area contributed by atoms with Gasteiger partial charge in [-0.1, -0.05) is 78.2 Å². The first-order chi connectivity index (χ1) is 25.6. The average Bonchev–Trinajstić information content (AvgIpc) is 3.91. The van der Waals surface area contributed by atoms with Crippen LogP contribution in [0.25, 0.3) is 94.7 Å². The molecule has 6 nitrogen and oxygen atoms in total. The number of imidazole rings is 1. The van der Waals surface area contributed by atoms with E-state index in [0.717, 1.165) is 119 Å². The maximum atomic E-state index is 10.9. The van der Waals surface area contributed by atoms with Gasteiger partial charge in [0.15, 0.2) is 0 Å². The minimum Gasteiger partial charge on any atom is -0.507 e. The molecule has 256 valence electrons. The van der Waals surface area contributed by atoms with E-state index in [2.05, 4.69) is 83.4 Å². The summed E-state index contributed by atoms with van der Waals surface area (Å²) in [7, 11) is 0. The number of pyridine rings is 1. The number of rotatable bonds is 4. The molecule has 0 radical (unpaired) electrons. The molecule has 7 heteroatoms. The van der Waals surface area contributed by atoms with Crippen molar-refractivity contribution in [1.29, 1.82) is 0 Å². The summed E-state index contributed by atoms with van der Waals surface area (Å²) < 4.78 is 14.6. The molecular weight excluding hydrogens is 838 g/mol. The summed E-state index contributed by atoms with van der Waals surface area (Å²) in [5, 5.41) is 15.0. The van der Waals surface area contributed by atoms with Gasteiger partial charge in [0.2, 0.25) is 0 Å². The molecule has 0 saturated heterocycles. The molecule has 0 amide bonds. The third-order valence-electron chi connectivity index (χ3n) is 10.4. The Kier molecular flexibility index (Phi) is 7.24. The Bertz CT molecular complexity index is 3050. The summed E-state index contributed by atoms with van der Waals surface area (Å²) in [5.41, 5.74) is 12.6. The Hall–Kier alpha value is -6.23. The summed E-state index contributed by atoms with van der Waals surface area (Å²) in [6.07, 6.45) is 3.79. The SMILES string of the molecule is Oc1cccc2c1-c1nc(-c3cn(-c4ccc5oc6ccccc6c5c4)c(-c4[c-]cc5oc6ccc(-c7ccccc7)cc6c5c4)n3)ccc1CC2.[Pt]. The van der Waals surface area contributed by atoms with E-state index in [9.17, 15) is 5.11 Å². The second-order valence-corrected chi connectivity index (χ2v) is 13.4. The fourth-order valence-electron chi connectivity index (χ4n) is 7.80. The first-order valence-electron chi connectivity index (χ1n) is 17.4. The van der Waals surface area contributed by atoms with Crippen molar-refractivity contribution in [3.05, 3.63) is 157 Å². The molecule has 0 aliphatic heterocycles. The Morgan fingerprint density at radius 3 is 2.25 bits per heavy atom. The van der Waals surface area contributed by atoms with Crippen molar-refractivity contribution >= 4 is 43.9 Å². The Balaban J connectivity index is 0.00000349. The van der Waals surface area contributed by atoms with E-state index in [1.807, 2.05) is 60.8 Å². The number of aromatic nitrogens is 3. The first kappa shape index (κ1) is 31.5. The number of aromatic hydroxyl groups is 1. The molecule has 6 aromatic carbocycles. The standard InChI is InChI=1S/C46H28N3O3.Pt/c50-39-11-6-9-28-13-14-29-15-19-37(47-45(29)44(28)39)38-26-49(32-18-22-43-36(25-32)33-10-4-5-12-40(33)51-43)46(48-38)31-17-21-42-35(24-31)34-23-30(16-20-41(34)52-42)27-7-2-1-3-8-27;/h1-12,15-16,18-26,50H,13-14H2;/q-1;. The van der Waals surface area contributed by atoms with Crippen molar-refractivity contribution in [1.82, 2.24) is 14.5 Å². The van der Waals surface area contributed by atoms with Crippen LogP contribution in [-0.4, -0.2) is 19.6 Å². The van der Waals surface area contributed by atoms with Crippen molar-refractivity contribution in [2.75, 3.05) is 0 Å². The van der Waals surface area contributed by atoms with E-state index >= 15 is 0 Å². The van der Waals surface area contributed by atoms with Gasteiger partial charge in [0.05, 0.1) is 28.5 Å². The number of aryl methyl sites for hydroxylation is 2. The number of phenolic OH excluding ortho intramolecular Hbond substituents is 1. The van der Waals surface area contributed by atoms with Gasteiger partial charge in [-0.2, -0.15) is 0 Å². The van der Waals surface area contributed by atoms with Crippen molar-refractivity contribution < 1.29 is 35.0 Å². The minimum absolute atomic E-state index is 0. The molecule has 0 fully saturated rings. The zero-order valence-electron chi connectivity index (χ0n) is 28.1. The molecule has 0 bridgehead atoms. The zero-order valence-corrected chi connectivity index (χ0v) is 30.4. The van der Waals surface area contributed by atoms with E-state index in [-0.39, 0.29) is 26.8 Å². The number of nitrogens with zero attached hydrogens (tertiary/aromatic N) is 3. The van der Waals surface area contributed by atoms with Gasteiger partial charge in [-0.3, -0.25) is 4.98 Å². The monoisotopic (exact) mass is 865 g/mol. The van der Waals surface area contributed by atoms with Crippen molar-refractivity contribution in [2.45, 2.75) is 12.8 Å². The van der Waals surface area contributed by atoms with Gasteiger partial charge in [0.25, 0.3) is 0 Å². The molecule has 1 N–H and O–H groups in total. The van der Waals surface area contributed by atoms with Gasteiger partial charge < -0.3 is 18.5 Å². The van der Waals surface area contributed by atoms with Crippen LogP contribution in [0.1, 0.15) is 11.1 Å². The largest absolute Gasteiger partial charge is 0.507 e. The van der Waals surface area contributed by atoms with Gasteiger partial charge in [0, 0.05) is 54.7 Å². The normalized spacial score (nSPS) is 12.3. The fraction of sp³-hybridized carbons (Fsp3) is 0.0435. The van der Waals surface area contributed by atoms with Crippen LogP contribution in [0, 0.1) is 6.07 Å². The summed E-state index contributed by atoms with van der Waals surface area (Å²) in [6, 6.07) is 48.5. The fourth-order valence-corrected chi connectivity index (χ4v) is 7.80. The van der Waals surface area contributed by atoms with E-state index in [1.54, 1.807) is 6.07 Å². The van der Waals surface area contributed by atoms with Crippen LogP contribution in [-0.2, 0) is 33.9 Å². The molecule has 0 saturated carbocycles. The van der Waals surface area contributed by atoms with Crippen LogP contribution in [0.15, 0.2) is 148 Å².